The van der Waals surface area contributed by atoms with Crippen molar-refractivity contribution in [2.24, 2.45) is 5.73 Å². The van der Waals surface area contributed by atoms with Crippen molar-refractivity contribution < 1.29 is 19.1 Å². The molecule has 0 bridgehead atoms. The molecule has 0 radical (unpaired) electrons. The zero-order chi connectivity index (χ0) is 24.4. The standard InChI is InChI=1S/C28H55NO4/c1-3-5-7-9-11-13-15-17-19-21-23-32-27(30)25-26(29)28(31)33-24-22-20-18-16-14-12-10-8-6-4-2/h26H,3-25,29H2,1-2H3. The minimum absolute atomic E-state index is 0.103. The van der Waals surface area contributed by atoms with Gasteiger partial charge in [-0.2, -0.15) is 0 Å². The molecule has 1 atom stereocenters. The van der Waals surface area contributed by atoms with Crippen LogP contribution in [0.5, 0.6) is 0 Å². The number of ether oxygens (including phenoxy) is 2. The summed E-state index contributed by atoms with van der Waals surface area (Å²) in [6.07, 6.45) is 24.7. The van der Waals surface area contributed by atoms with E-state index in [2.05, 4.69) is 13.8 Å². The summed E-state index contributed by atoms with van der Waals surface area (Å²) in [5, 5.41) is 0. The third-order valence-corrected chi connectivity index (χ3v) is 6.19. The number of carbonyl (C=O) groups is 2. The van der Waals surface area contributed by atoms with Crippen LogP contribution in [0.25, 0.3) is 0 Å². The Morgan fingerprint density at radius 3 is 1.27 bits per heavy atom. The van der Waals surface area contributed by atoms with Crippen molar-refractivity contribution in [3.63, 3.8) is 0 Å². The number of rotatable bonds is 25. The van der Waals surface area contributed by atoms with Crippen LogP contribution >= 0.6 is 0 Å². The van der Waals surface area contributed by atoms with Crippen molar-refractivity contribution in [2.75, 3.05) is 13.2 Å². The molecule has 0 aromatic rings. The second kappa shape index (κ2) is 25.5. The molecule has 0 saturated heterocycles. The maximum absolute atomic E-state index is 11.9. The molecule has 0 saturated carbocycles. The molecule has 0 spiro atoms. The molecular formula is C28H55NO4. The summed E-state index contributed by atoms with van der Waals surface area (Å²) in [5.74, 6) is -0.906. The number of esters is 2. The molecule has 1 unspecified atom stereocenters. The van der Waals surface area contributed by atoms with E-state index in [0.29, 0.717) is 13.2 Å². The molecule has 5 heteroatoms. The molecule has 0 aromatic heterocycles. The summed E-state index contributed by atoms with van der Waals surface area (Å²) in [6, 6.07) is -0.923. The van der Waals surface area contributed by atoms with Crippen molar-refractivity contribution in [3.05, 3.63) is 0 Å². The van der Waals surface area contributed by atoms with Crippen LogP contribution < -0.4 is 5.73 Å². The van der Waals surface area contributed by atoms with Crippen LogP contribution in [0.1, 0.15) is 149 Å². The first-order valence-corrected chi connectivity index (χ1v) is 14.2. The van der Waals surface area contributed by atoms with E-state index in [4.69, 9.17) is 15.2 Å². The van der Waals surface area contributed by atoms with Gasteiger partial charge in [-0.15, -0.1) is 0 Å². The first kappa shape index (κ1) is 31.9. The molecule has 196 valence electrons. The Labute approximate surface area is 204 Å². The van der Waals surface area contributed by atoms with Crippen LogP contribution in [0.3, 0.4) is 0 Å². The molecule has 0 aliphatic heterocycles. The Kier molecular flexibility index (Phi) is 24.7. The lowest BCUT2D eigenvalue weighted by Gasteiger charge is -2.11. The summed E-state index contributed by atoms with van der Waals surface area (Å²) in [7, 11) is 0. The Morgan fingerprint density at radius 2 is 0.879 bits per heavy atom. The van der Waals surface area contributed by atoms with Gasteiger partial charge in [0.05, 0.1) is 19.6 Å². The lowest BCUT2D eigenvalue weighted by atomic mass is 10.1. The number of hydrogen-bond acceptors (Lipinski definition) is 5. The second-order valence-electron chi connectivity index (χ2n) is 9.56. The fourth-order valence-corrected chi connectivity index (χ4v) is 3.97. The molecular weight excluding hydrogens is 414 g/mol. The molecule has 5 nitrogen and oxygen atoms in total. The van der Waals surface area contributed by atoms with Crippen molar-refractivity contribution >= 4 is 11.9 Å². The van der Waals surface area contributed by atoms with E-state index in [9.17, 15) is 9.59 Å². The lowest BCUT2D eigenvalue weighted by Crippen LogP contribution is -2.35. The predicted octanol–water partition coefficient (Wildman–Crippen LogP) is 7.63. The molecule has 0 heterocycles. The summed E-state index contributed by atoms with van der Waals surface area (Å²) in [6.45, 7) is 5.28. The molecule has 0 aliphatic rings. The van der Waals surface area contributed by atoms with E-state index >= 15 is 0 Å². The van der Waals surface area contributed by atoms with Gasteiger partial charge in [-0.3, -0.25) is 9.59 Å². The average molecular weight is 470 g/mol. The highest BCUT2D eigenvalue weighted by molar-refractivity contribution is 5.82. The SMILES string of the molecule is CCCCCCCCCCCCOC(=O)CC(N)C(=O)OCCCCCCCCCCCC. The van der Waals surface area contributed by atoms with Crippen molar-refractivity contribution in [1.29, 1.82) is 0 Å². The zero-order valence-corrected chi connectivity index (χ0v) is 22.1. The predicted molar refractivity (Wildman–Crippen MR) is 138 cm³/mol. The van der Waals surface area contributed by atoms with Crippen LogP contribution in [0, 0.1) is 0 Å². The molecule has 33 heavy (non-hydrogen) atoms. The van der Waals surface area contributed by atoms with Gasteiger partial charge in [-0.25, -0.2) is 0 Å². The minimum Gasteiger partial charge on any atom is -0.466 e. The topological polar surface area (TPSA) is 78.6 Å². The minimum atomic E-state index is -0.923. The first-order valence-electron chi connectivity index (χ1n) is 14.2. The largest absolute Gasteiger partial charge is 0.466 e. The Balaban J connectivity index is 3.46. The molecule has 0 aromatic carbocycles. The molecule has 0 aliphatic carbocycles. The smallest absolute Gasteiger partial charge is 0.323 e. The van der Waals surface area contributed by atoms with Crippen LogP contribution in [0.15, 0.2) is 0 Å². The Bertz CT molecular complexity index is 442. The van der Waals surface area contributed by atoms with E-state index in [0.717, 1.165) is 25.7 Å². The highest BCUT2D eigenvalue weighted by Crippen LogP contribution is 2.12. The third kappa shape index (κ3) is 23.8. The number of carbonyl (C=O) groups excluding carboxylic acids is 2. The van der Waals surface area contributed by atoms with E-state index < -0.39 is 18.0 Å². The summed E-state index contributed by atoms with van der Waals surface area (Å²) < 4.78 is 10.4. The molecule has 0 rings (SSSR count). The first-order chi connectivity index (χ1) is 16.1. The van der Waals surface area contributed by atoms with Gasteiger partial charge in [0.2, 0.25) is 0 Å². The van der Waals surface area contributed by atoms with Gasteiger partial charge in [-0.1, -0.05) is 129 Å². The maximum atomic E-state index is 11.9. The van der Waals surface area contributed by atoms with E-state index in [1.807, 2.05) is 0 Å². The lowest BCUT2D eigenvalue weighted by molar-refractivity contribution is -0.152. The van der Waals surface area contributed by atoms with Crippen molar-refractivity contribution in [1.82, 2.24) is 0 Å². The number of hydrogen-bond donors (Lipinski definition) is 1. The van der Waals surface area contributed by atoms with Gasteiger partial charge < -0.3 is 15.2 Å². The average Bonchev–Trinajstić information content (AvgIpc) is 2.80. The monoisotopic (exact) mass is 469 g/mol. The normalized spacial score (nSPS) is 12.0. The number of nitrogens with two attached hydrogens (primary N) is 1. The van der Waals surface area contributed by atoms with Gasteiger partial charge >= 0.3 is 11.9 Å². The quantitative estimate of drug-likeness (QED) is 0.110. The van der Waals surface area contributed by atoms with Crippen molar-refractivity contribution in [3.8, 4) is 0 Å². The van der Waals surface area contributed by atoms with Gasteiger partial charge in [0.1, 0.15) is 6.04 Å². The maximum Gasteiger partial charge on any atom is 0.323 e. The van der Waals surface area contributed by atoms with Crippen LogP contribution in [-0.2, 0) is 19.1 Å². The van der Waals surface area contributed by atoms with E-state index in [-0.39, 0.29) is 6.42 Å². The highest BCUT2D eigenvalue weighted by Gasteiger charge is 2.19. The number of unbranched alkanes of at least 4 members (excludes halogenated alkanes) is 18. The van der Waals surface area contributed by atoms with Crippen LogP contribution in [-0.4, -0.2) is 31.2 Å². The zero-order valence-electron chi connectivity index (χ0n) is 22.1. The van der Waals surface area contributed by atoms with E-state index in [1.165, 1.54) is 103 Å². The van der Waals surface area contributed by atoms with E-state index in [1.54, 1.807) is 0 Å². The summed E-state index contributed by atoms with van der Waals surface area (Å²) >= 11 is 0. The van der Waals surface area contributed by atoms with Gasteiger partial charge in [0.15, 0.2) is 0 Å². The second-order valence-corrected chi connectivity index (χ2v) is 9.56. The van der Waals surface area contributed by atoms with Crippen LogP contribution in [0.4, 0.5) is 0 Å². The van der Waals surface area contributed by atoms with Gasteiger partial charge in [0.25, 0.3) is 0 Å². The molecule has 0 amide bonds. The van der Waals surface area contributed by atoms with Gasteiger partial charge in [0, 0.05) is 0 Å². The van der Waals surface area contributed by atoms with Gasteiger partial charge in [-0.05, 0) is 12.8 Å². The fraction of sp³-hybridized carbons (Fsp3) is 0.929. The summed E-state index contributed by atoms with van der Waals surface area (Å²) in [5.41, 5.74) is 5.80. The Hall–Kier alpha value is -1.10. The summed E-state index contributed by atoms with van der Waals surface area (Å²) in [4.78, 5) is 23.8. The van der Waals surface area contributed by atoms with Crippen LogP contribution in [0.2, 0.25) is 0 Å². The fourth-order valence-electron chi connectivity index (χ4n) is 3.97. The third-order valence-electron chi connectivity index (χ3n) is 6.19. The van der Waals surface area contributed by atoms with Crippen molar-refractivity contribution in [2.45, 2.75) is 155 Å². The highest BCUT2D eigenvalue weighted by atomic mass is 16.5. The molecule has 0 fully saturated rings. The Morgan fingerprint density at radius 1 is 0.545 bits per heavy atom. The molecule has 2 N–H and O–H groups in total.